The highest BCUT2D eigenvalue weighted by Crippen LogP contribution is 2.30. The van der Waals surface area contributed by atoms with Gasteiger partial charge in [-0.3, -0.25) is 9.79 Å². The number of aliphatic imine (C=N–C) groups is 1. The van der Waals surface area contributed by atoms with E-state index in [4.69, 9.17) is 28.2 Å². The van der Waals surface area contributed by atoms with Crippen LogP contribution in [0.2, 0.25) is 10.0 Å². The van der Waals surface area contributed by atoms with Gasteiger partial charge in [-0.1, -0.05) is 41.4 Å². The number of benzene rings is 3. The van der Waals surface area contributed by atoms with Crippen molar-refractivity contribution in [3.63, 3.8) is 0 Å². The molecule has 1 aliphatic rings. The summed E-state index contributed by atoms with van der Waals surface area (Å²) in [6.45, 7) is 1.82. The molecule has 4 nitrogen and oxygen atoms in total. The number of fused-ring (bicyclic) bond motifs is 1. The highest BCUT2D eigenvalue weighted by atomic mass is 35.5. The van der Waals surface area contributed by atoms with Crippen molar-refractivity contribution in [2.75, 3.05) is 5.32 Å². The van der Waals surface area contributed by atoms with E-state index in [1.54, 1.807) is 36.4 Å². The fraction of sp³-hybridized carbons (Fsp3) is 0.130. The second-order valence-corrected chi connectivity index (χ2v) is 7.81. The van der Waals surface area contributed by atoms with Crippen LogP contribution in [-0.4, -0.2) is 22.8 Å². The fourth-order valence-electron chi connectivity index (χ4n) is 3.36. The van der Waals surface area contributed by atoms with Crippen LogP contribution < -0.4 is 5.32 Å². The standard InChI is InChI=1S/C23H18Cl2N2O2/c1-13-10-15(6-9-21(13)28)22-17-12-16(24)7-8-19(17)27-23(29)20(26-22)11-14-4-2-3-5-18(14)25/h2-10,12,20,28H,11H2,1H3,(H,27,29). The van der Waals surface area contributed by atoms with Gasteiger partial charge in [-0.05, 0) is 60.5 Å². The summed E-state index contributed by atoms with van der Waals surface area (Å²) in [5.74, 6) is -0.00454. The van der Waals surface area contributed by atoms with Gasteiger partial charge in [0.15, 0.2) is 0 Å². The Balaban J connectivity index is 1.86. The molecule has 0 fully saturated rings. The number of nitrogens with one attached hydrogen (secondary N) is 1. The minimum absolute atomic E-state index is 0.205. The van der Waals surface area contributed by atoms with E-state index in [0.29, 0.717) is 27.9 Å². The van der Waals surface area contributed by atoms with E-state index in [-0.39, 0.29) is 11.7 Å². The van der Waals surface area contributed by atoms with E-state index in [1.165, 1.54) is 0 Å². The summed E-state index contributed by atoms with van der Waals surface area (Å²) < 4.78 is 0. The maximum atomic E-state index is 12.9. The summed E-state index contributed by atoms with van der Waals surface area (Å²) >= 11 is 12.5. The lowest BCUT2D eigenvalue weighted by Crippen LogP contribution is -2.27. The van der Waals surface area contributed by atoms with Crippen LogP contribution in [0.3, 0.4) is 0 Å². The van der Waals surface area contributed by atoms with Crippen LogP contribution in [0.1, 0.15) is 22.3 Å². The Morgan fingerprint density at radius 1 is 1.07 bits per heavy atom. The fourth-order valence-corrected chi connectivity index (χ4v) is 3.75. The molecular formula is C23H18Cl2N2O2. The van der Waals surface area contributed by atoms with Crippen LogP contribution in [0, 0.1) is 6.92 Å². The van der Waals surface area contributed by atoms with Crippen molar-refractivity contribution >= 4 is 40.5 Å². The lowest BCUT2D eigenvalue weighted by atomic mass is 9.98. The third kappa shape index (κ3) is 4.00. The van der Waals surface area contributed by atoms with E-state index < -0.39 is 6.04 Å². The van der Waals surface area contributed by atoms with Gasteiger partial charge in [0.25, 0.3) is 0 Å². The predicted molar refractivity (Wildman–Crippen MR) is 118 cm³/mol. The molecule has 0 saturated carbocycles. The average Bonchev–Trinajstić information content (AvgIpc) is 2.82. The number of nitrogens with zero attached hydrogens (tertiary/aromatic N) is 1. The molecule has 0 spiro atoms. The van der Waals surface area contributed by atoms with Crippen molar-refractivity contribution < 1.29 is 9.90 Å². The number of carbonyl (C=O) groups excluding carboxylic acids is 1. The number of phenols is 1. The van der Waals surface area contributed by atoms with Crippen molar-refractivity contribution in [3.05, 3.63) is 93.0 Å². The van der Waals surface area contributed by atoms with Gasteiger partial charge in [0.05, 0.1) is 11.4 Å². The van der Waals surface area contributed by atoms with Crippen LogP contribution in [-0.2, 0) is 11.2 Å². The van der Waals surface area contributed by atoms with E-state index >= 15 is 0 Å². The molecule has 29 heavy (non-hydrogen) atoms. The number of amides is 1. The molecule has 146 valence electrons. The molecule has 1 heterocycles. The molecule has 1 aliphatic heterocycles. The quantitative estimate of drug-likeness (QED) is 0.590. The van der Waals surface area contributed by atoms with Crippen LogP contribution in [0.4, 0.5) is 5.69 Å². The van der Waals surface area contributed by atoms with Gasteiger partial charge in [0.1, 0.15) is 11.8 Å². The topological polar surface area (TPSA) is 61.7 Å². The number of halogens is 2. The molecule has 0 aliphatic carbocycles. The first-order valence-electron chi connectivity index (χ1n) is 9.14. The molecule has 4 rings (SSSR count). The number of anilines is 1. The van der Waals surface area contributed by atoms with Gasteiger partial charge in [-0.25, -0.2) is 0 Å². The summed E-state index contributed by atoms with van der Waals surface area (Å²) in [5.41, 5.74) is 4.39. The molecule has 1 unspecified atom stereocenters. The molecular weight excluding hydrogens is 407 g/mol. The Labute approximate surface area is 178 Å². The molecule has 3 aromatic carbocycles. The molecule has 0 saturated heterocycles. The number of carbonyl (C=O) groups is 1. The number of rotatable bonds is 3. The largest absolute Gasteiger partial charge is 0.508 e. The third-order valence-electron chi connectivity index (χ3n) is 4.92. The van der Waals surface area contributed by atoms with Gasteiger partial charge in [-0.2, -0.15) is 0 Å². The maximum absolute atomic E-state index is 12.9. The summed E-state index contributed by atoms with van der Waals surface area (Å²) in [4.78, 5) is 17.8. The SMILES string of the molecule is Cc1cc(C2=NC(Cc3ccccc3Cl)C(=O)Nc3ccc(Cl)cc32)ccc1O. The van der Waals surface area contributed by atoms with Gasteiger partial charge >= 0.3 is 0 Å². The zero-order chi connectivity index (χ0) is 20.5. The third-order valence-corrected chi connectivity index (χ3v) is 5.53. The van der Waals surface area contributed by atoms with Crippen LogP contribution in [0.5, 0.6) is 5.75 Å². The lowest BCUT2D eigenvalue weighted by Gasteiger charge is -2.13. The number of phenolic OH excluding ortho intramolecular Hbond substituents is 1. The van der Waals surface area contributed by atoms with Crippen LogP contribution in [0.25, 0.3) is 0 Å². The Morgan fingerprint density at radius 3 is 2.62 bits per heavy atom. The lowest BCUT2D eigenvalue weighted by molar-refractivity contribution is -0.117. The number of hydrogen-bond acceptors (Lipinski definition) is 3. The maximum Gasteiger partial charge on any atom is 0.249 e. The molecule has 0 aromatic heterocycles. The highest BCUT2D eigenvalue weighted by Gasteiger charge is 2.27. The molecule has 0 bridgehead atoms. The Bertz CT molecular complexity index is 1140. The minimum atomic E-state index is -0.662. The number of hydrogen-bond donors (Lipinski definition) is 2. The Kier molecular flexibility index (Phi) is 5.31. The first-order chi connectivity index (χ1) is 13.9. The van der Waals surface area contributed by atoms with Crippen molar-refractivity contribution in [1.29, 1.82) is 0 Å². The summed E-state index contributed by atoms with van der Waals surface area (Å²) in [7, 11) is 0. The molecule has 1 amide bonds. The van der Waals surface area contributed by atoms with Crippen molar-refractivity contribution in [3.8, 4) is 5.75 Å². The summed E-state index contributed by atoms with van der Waals surface area (Å²) in [5, 5.41) is 14.0. The monoisotopic (exact) mass is 424 g/mol. The molecule has 3 aromatic rings. The number of aryl methyl sites for hydroxylation is 1. The zero-order valence-corrected chi connectivity index (χ0v) is 17.1. The second-order valence-electron chi connectivity index (χ2n) is 6.97. The first-order valence-corrected chi connectivity index (χ1v) is 9.90. The summed E-state index contributed by atoms with van der Waals surface area (Å²) in [6.07, 6.45) is 0.369. The van der Waals surface area contributed by atoms with Gasteiger partial charge in [0, 0.05) is 27.6 Å². The first kappa shape index (κ1) is 19.5. The number of benzodiazepines with no additional fused rings is 1. The second kappa shape index (κ2) is 7.90. The van der Waals surface area contributed by atoms with Gasteiger partial charge in [0.2, 0.25) is 5.91 Å². The normalized spacial score (nSPS) is 15.9. The van der Waals surface area contributed by atoms with Gasteiger partial charge < -0.3 is 10.4 Å². The van der Waals surface area contributed by atoms with Crippen LogP contribution >= 0.6 is 23.2 Å². The van der Waals surface area contributed by atoms with Gasteiger partial charge in [-0.15, -0.1) is 0 Å². The highest BCUT2D eigenvalue weighted by molar-refractivity contribution is 6.32. The van der Waals surface area contributed by atoms with E-state index in [0.717, 1.165) is 22.3 Å². The van der Waals surface area contributed by atoms with Crippen LogP contribution in [0.15, 0.2) is 65.7 Å². The Hall–Kier alpha value is -2.82. The average molecular weight is 425 g/mol. The van der Waals surface area contributed by atoms with Crippen molar-refractivity contribution in [2.45, 2.75) is 19.4 Å². The molecule has 0 radical (unpaired) electrons. The minimum Gasteiger partial charge on any atom is -0.508 e. The Morgan fingerprint density at radius 2 is 1.86 bits per heavy atom. The van der Waals surface area contributed by atoms with Crippen molar-refractivity contribution in [1.82, 2.24) is 0 Å². The zero-order valence-electron chi connectivity index (χ0n) is 15.6. The smallest absolute Gasteiger partial charge is 0.249 e. The molecule has 6 heteroatoms. The molecule has 1 atom stereocenters. The molecule has 2 N–H and O–H groups in total. The predicted octanol–water partition coefficient (Wildman–Crippen LogP) is 5.41. The van der Waals surface area contributed by atoms with Crippen molar-refractivity contribution in [2.24, 2.45) is 4.99 Å². The van der Waals surface area contributed by atoms with E-state index in [1.807, 2.05) is 31.2 Å². The number of aromatic hydroxyl groups is 1. The van der Waals surface area contributed by atoms with E-state index in [9.17, 15) is 9.90 Å². The summed E-state index contributed by atoms with van der Waals surface area (Å²) in [6, 6.07) is 17.3. The van der Waals surface area contributed by atoms with E-state index in [2.05, 4.69) is 5.32 Å².